The summed E-state index contributed by atoms with van der Waals surface area (Å²) in [4.78, 5) is 14.8. The molecule has 1 aliphatic rings. The molecule has 4 rings (SSSR count). The molecule has 1 fully saturated rings. The minimum absolute atomic E-state index is 0.0104. The molecule has 0 aliphatic carbocycles. The Morgan fingerprint density at radius 1 is 0.811 bits per heavy atom. The first kappa shape index (κ1) is 42.3. The summed E-state index contributed by atoms with van der Waals surface area (Å²) in [5.74, 6) is 0.139. The van der Waals surface area contributed by atoms with E-state index in [1.807, 2.05) is 30.3 Å². The monoisotopic (exact) mass is 726 g/mol. The highest BCUT2D eigenvalue weighted by molar-refractivity contribution is 5.70. The van der Waals surface area contributed by atoms with Crippen LogP contribution in [0.4, 0.5) is 4.79 Å². The first-order chi connectivity index (χ1) is 26.0. The van der Waals surface area contributed by atoms with Crippen molar-refractivity contribution in [2.45, 2.75) is 129 Å². The lowest BCUT2D eigenvalue weighted by molar-refractivity contribution is -0.276. The van der Waals surface area contributed by atoms with E-state index < -0.39 is 12.4 Å². The van der Waals surface area contributed by atoms with Gasteiger partial charge in [-0.05, 0) is 53.7 Å². The lowest BCUT2D eigenvalue weighted by atomic mass is 9.89. The van der Waals surface area contributed by atoms with E-state index in [-0.39, 0.29) is 31.3 Å². The maximum Gasteiger partial charge on any atom is 0.407 e. The van der Waals surface area contributed by atoms with Crippen molar-refractivity contribution in [3.63, 3.8) is 0 Å². The van der Waals surface area contributed by atoms with Crippen LogP contribution in [0.15, 0.2) is 85.5 Å². The normalized spacial score (nSPS) is 18.6. The molecule has 0 bridgehead atoms. The van der Waals surface area contributed by atoms with Crippen molar-refractivity contribution in [2.75, 3.05) is 26.2 Å². The van der Waals surface area contributed by atoms with Gasteiger partial charge in [0.2, 0.25) is 0 Å². The molecule has 0 aromatic heterocycles. The topological polar surface area (TPSA) is 80.3 Å². The number of carbonyl (C=O) groups is 1. The minimum atomic E-state index is -0.519. The third kappa shape index (κ3) is 14.0. The second kappa shape index (κ2) is 24.0. The number of ether oxygens (including phenoxy) is 3. The molecule has 4 atom stereocenters. The molecule has 0 spiro atoms. The van der Waals surface area contributed by atoms with Gasteiger partial charge in [-0.2, -0.15) is 0 Å². The molecule has 0 saturated carbocycles. The van der Waals surface area contributed by atoms with Crippen LogP contribution in [0.1, 0.15) is 132 Å². The van der Waals surface area contributed by atoms with E-state index in [0.29, 0.717) is 6.54 Å². The van der Waals surface area contributed by atoms with E-state index in [1.165, 1.54) is 77.0 Å². The van der Waals surface area contributed by atoms with E-state index >= 15 is 0 Å². The molecular weight excluding hydrogens is 661 g/mol. The second-order valence-corrected chi connectivity index (χ2v) is 14.7. The Hall–Kier alpha value is -3.49. The van der Waals surface area contributed by atoms with Crippen molar-refractivity contribution in [3.05, 3.63) is 108 Å². The molecule has 7 heteroatoms. The molecule has 4 unspecified atom stereocenters. The van der Waals surface area contributed by atoms with Crippen LogP contribution in [-0.2, 0) is 27.4 Å². The SMILES string of the molecule is C=CCOC(=O)NCc1ccccc1-c1ccc(C2OC(CN(CCCCCCCC)CCCCCCCC)C(C)C(c3ccc(CO)cc3)O2)cc1. The summed E-state index contributed by atoms with van der Waals surface area (Å²) in [6.45, 7) is 14.0. The average molecular weight is 727 g/mol. The van der Waals surface area contributed by atoms with Gasteiger partial charge in [-0.1, -0.05) is 170 Å². The fourth-order valence-corrected chi connectivity index (χ4v) is 7.24. The number of benzene rings is 3. The Morgan fingerprint density at radius 2 is 1.42 bits per heavy atom. The zero-order valence-electron chi connectivity index (χ0n) is 32.8. The van der Waals surface area contributed by atoms with Crippen molar-refractivity contribution in [2.24, 2.45) is 5.92 Å². The third-order valence-corrected chi connectivity index (χ3v) is 10.5. The first-order valence-corrected chi connectivity index (χ1v) is 20.4. The summed E-state index contributed by atoms with van der Waals surface area (Å²) in [5, 5.41) is 12.5. The van der Waals surface area contributed by atoms with Crippen molar-refractivity contribution in [1.82, 2.24) is 10.2 Å². The number of hydrogen-bond donors (Lipinski definition) is 2. The number of carbonyl (C=O) groups excluding carboxylic acids is 1. The third-order valence-electron chi connectivity index (χ3n) is 10.5. The second-order valence-electron chi connectivity index (χ2n) is 14.7. The molecule has 3 aromatic carbocycles. The fraction of sp³-hybridized carbons (Fsp3) is 0.543. The number of rotatable bonds is 24. The van der Waals surface area contributed by atoms with Gasteiger partial charge < -0.3 is 29.5 Å². The zero-order valence-corrected chi connectivity index (χ0v) is 32.8. The molecule has 2 N–H and O–H groups in total. The van der Waals surface area contributed by atoms with Gasteiger partial charge in [0, 0.05) is 24.6 Å². The van der Waals surface area contributed by atoms with Crippen molar-refractivity contribution < 1.29 is 24.1 Å². The Bertz CT molecular complexity index is 1440. The molecule has 7 nitrogen and oxygen atoms in total. The predicted molar refractivity (Wildman–Crippen MR) is 216 cm³/mol. The van der Waals surface area contributed by atoms with Crippen LogP contribution >= 0.6 is 0 Å². The lowest BCUT2D eigenvalue weighted by Crippen LogP contribution is -2.45. The summed E-state index contributed by atoms with van der Waals surface area (Å²) in [5.41, 5.74) is 6.07. The fourth-order valence-electron chi connectivity index (χ4n) is 7.24. The van der Waals surface area contributed by atoms with Crippen LogP contribution in [0.3, 0.4) is 0 Å². The maximum absolute atomic E-state index is 12.1. The zero-order chi connectivity index (χ0) is 37.7. The molecule has 1 aliphatic heterocycles. The van der Waals surface area contributed by atoms with Crippen LogP contribution in [0, 0.1) is 5.92 Å². The molecule has 1 heterocycles. The van der Waals surface area contributed by atoms with Gasteiger partial charge in [-0.3, -0.25) is 0 Å². The summed E-state index contributed by atoms with van der Waals surface area (Å²) in [6.07, 6.45) is 15.9. The van der Waals surface area contributed by atoms with Gasteiger partial charge in [0.05, 0.1) is 18.8 Å². The minimum Gasteiger partial charge on any atom is -0.445 e. The van der Waals surface area contributed by atoms with Gasteiger partial charge in [0.25, 0.3) is 0 Å². The van der Waals surface area contributed by atoms with Crippen molar-refractivity contribution in [3.8, 4) is 11.1 Å². The van der Waals surface area contributed by atoms with Crippen LogP contribution in [0.2, 0.25) is 0 Å². The van der Waals surface area contributed by atoms with Gasteiger partial charge in [-0.25, -0.2) is 4.79 Å². The van der Waals surface area contributed by atoms with Crippen LogP contribution in [-0.4, -0.2) is 48.4 Å². The van der Waals surface area contributed by atoms with Gasteiger partial charge in [-0.15, -0.1) is 0 Å². The highest BCUT2D eigenvalue weighted by Gasteiger charge is 2.39. The van der Waals surface area contributed by atoms with Crippen molar-refractivity contribution in [1.29, 1.82) is 0 Å². The van der Waals surface area contributed by atoms with E-state index in [4.69, 9.17) is 14.2 Å². The molecule has 290 valence electrons. The van der Waals surface area contributed by atoms with Gasteiger partial charge in [0.15, 0.2) is 6.29 Å². The molecule has 1 saturated heterocycles. The summed E-state index contributed by atoms with van der Waals surface area (Å²) >= 11 is 0. The highest BCUT2D eigenvalue weighted by Crippen LogP contribution is 2.42. The Labute approximate surface area is 320 Å². The number of nitrogens with zero attached hydrogens (tertiary/aromatic N) is 1. The quantitative estimate of drug-likeness (QED) is 0.0707. The number of unbranched alkanes of at least 4 members (excludes halogenated alkanes) is 10. The van der Waals surface area contributed by atoms with Gasteiger partial charge >= 0.3 is 6.09 Å². The van der Waals surface area contributed by atoms with E-state index in [0.717, 1.165) is 53.0 Å². The highest BCUT2D eigenvalue weighted by atomic mass is 16.7. The maximum atomic E-state index is 12.1. The number of alkyl carbamates (subject to hydrolysis) is 1. The number of aliphatic hydroxyl groups is 1. The van der Waals surface area contributed by atoms with Gasteiger partial charge in [0.1, 0.15) is 6.61 Å². The molecule has 53 heavy (non-hydrogen) atoms. The standard InChI is InChI=1S/C46H66N2O5/c1-5-8-10-12-14-18-30-48(31-19-15-13-11-9-6-2)34-43-36(4)44(39-24-22-37(35-49)23-25-39)53-45(52-43)40-28-26-38(27-29-40)42-21-17-16-20-41(42)33-47-46(50)51-32-7-3/h7,16-17,20-29,36,43-45,49H,3,5-6,8-15,18-19,30-35H2,1-2,4H3,(H,47,50). The summed E-state index contributed by atoms with van der Waals surface area (Å²) in [7, 11) is 0. The molecule has 1 amide bonds. The van der Waals surface area contributed by atoms with Crippen LogP contribution < -0.4 is 5.32 Å². The van der Waals surface area contributed by atoms with E-state index in [9.17, 15) is 9.90 Å². The Morgan fingerprint density at radius 3 is 2.04 bits per heavy atom. The summed E-state index contributed by atoms with van der Waals surface area (Å²) < 4.78 is 18.8. The smallest absolute Gasteiger partial charge is 0.407 e. The largest absolute Gasteiger partial charge is 0.445 e. The lowest BCUT2D eigenvalue weighted by Gasteiger charge is -2.43. The Kier molecular flexibility index (Phi) is 19.2. The van der Waals surface area contributed by atoms with Crippen LogP contribution in [0.5, 0.6) is 0 Å². The number of hydrogen-bond acceptors (Lipinski definition) is 6. The van der Waals surface area contributed by atoms with Crippen molar-refractivity contribution >= 4 is 6.09 Å². The molecular formula is C46H66N2O5. The predicted octanol–water partition coefficient (Wildman–Crippen LogP) is 11.1. The molecule has 3 aromatic rings. The number of nitrogens with one attached hydrogen (secondary N) is 1. The Balaban J connectivity index is 1.52. The van der Waals surface area contributed by atoms with E-state index in [2.05, 4.69) is 80.0 Å². The van der Waals surface area contributed by atoms with E-state index in [1.54, 1.807) is 6.08 Å². The average Bonchev–Trinajstić information content (AvgIpc) is 3.19. The number of aliphatic hydroxyl groups excluding tert-OH is 1. The number of amides is 1. The summed E-state index contributed by atoms with van der Waals surface area (Å²) in [6, 6.07) is 24.7. The molecule has 0 radical (unpaired) electrons. The van der Waals surface area contributed by atoms with Crippen LogP contribution in [0.25, 0.3) is 11.1 Å². The first-order valence-electron chi connectivity index (χ1n) is 20.4.